The van der Waals surface area contributed by atoms with E-state index in [1.54, 1.807) is 14.2 Å². The van der Waals surface area contributed by atoms with Crippen molar-refractivity contribution in [1.82, 2.24) is 5.32 Å². The number of piperidine rings is 1. The molecule has 3 bridgehead atoms. The van der Waals surface area contributed by atoms with Crippen LogP contribution < -0.4 is 21.1 Å². The molecule has 6 aliphatic rings. The van der Waals surface area contributed by atoms with Crippen LogP contribution in [0.2, 0.25) is 0 Å². The molecular formula is C28H44N4O4. The van der Waals surface area contributed by atoms with Crippen LogP contribution in [0.5, 0.6) is 0 Å². The van der Waals surface area contributed by atoms with Gasteiger partial charge < -0.3 is 30.8 Å². The lowest BCUT2D eigenvalue weighted by atomic mass is 9.34. The number of guanidine groups is 1. The first kappa shape index (κ1) is 24.8. The standard InChI is InChI=1S/C28H44N4O4/c1-30-15-25-11-10-20-27-17-6-4-5-7-21(36-3)28(20,35)22(23(33)34)19(27)14-18(9-8-17)26(25,27)16-32(13-12-25)24(29)31-2/h17-18,20-21,30,35H,4-16H2,1-3H3,(H2,29,31)(H,33,34). The number of hydrogen-bond acceptors (Lipinski definition) is 6. The summed E-state index contributed by atoms with van der Waals surface area (Å²) < 4.78 is 5.98. The van der Waals surface area contributed by atoms with Crippen LogP contribution in [-0.4, -0.2) is 69.6 Å². The molecule has 9 atom stereocenters. The predicted octanol–water partition coefficient (Wildman–Crippen LogP) is -0.382. The number of likely N-dealkylation sites (tertiary alicyclic amines) is 1. The number of carbonyl (C=O) groups excluding carboxylic acids is 1. The molecule has 0 amide bonds. The number of methoxy groups -OCH3 is 1. The lowest BCUT2D eigenvalue weighted by molar-refractivity contribution is -0.832. The van der Waals surface area contributed by atoms with E-state index in [9.17, 15) is 15.0 Å². The van der Waals surface area contributed by atoms with Crippen LogP contribution in [-0.2, 0) is 9.53 Å². The molecule has 0 radical (unpaired) electrons. The molecule has 200 valence electrons. The molecule has 1 heterocycles. The zero-order chi connectivity index (χ0) is 25.5. The van der Waals surface area contributed by atoms with E-state index in [0.717, 1.165) is 83.0 Å². The lowest BCUT2D eigenvalue weighted by Crippen LogP contribution is -3.19. The number of carboxylic acid groups (broad SMARTS) is 1. The molecule has 8 nitrogen and oxygen atoms in total. The number of carboxylic acids is 1. The van der Waals surface area contributed by atoms with Gasteiger partial charge in [0.15, 0.2) is 0 Å². The summed E-state index contributed by atoms with van der Waals surface area (Å²) in [6.07, 6.45) is 9.14. The highest BCUT2D eigenvalue weighted by molar-refractivity contribution is 5.91. The molecule has 6 rings (SSSR count). The maximum Gasteiger partial charge on any atom is 0.293 e. The minimum Gasteiger partial charge on any atom is -0.545 e. The largest absolute Gasteiger partial charge is 0.545 e. The zero-order valence-electron chi connectivity index (χ0n) is 22.2. The Labute approximate surface area is 214 Å². The van der Waals surface area contributed by atoms with Gasteiger partial charge in [0.2, 0.25) is 0 Å². The monoisotopic (exact) mass is 500 g/mol. The zero-order valence-corrected chi connectivity index (χ0v) is 22.2. The summed E-state index contributed by atoms with van der Waals surface area (Å²) in [5, 5.41) is 29.3. The number of nitrogens with one attached hydrogen (secondary N) is 2. The van der Waals surface area contributed by atoms with Crippen LogP contribution in [0.25, 0.3) is 0 Å². The molecule has 5 aliphatic carbocycles. The van der Waals surface area contributed by atoms with Crippen molar-refractivity contribution in [1.29, 1.82) is 0 Å². The van der Waals surface area contributed by atoms with Crippen molar-refractivity contribution in [3.05, 3.63) is 11.1 Å². The van der Waals surface area contributed by atoms with Gasteiger partial charge in [0.05, 0.1) is 25.2 Å². The number of aliphatic imine (C=N–C) groups is 1. The van der Waals surface area contributed by atoms with E-state index in [0.29, 0.717) is 24.2 Å². The fourth-order valence-electron chi connectivity index (χ4n) is 11.6. The van der Waals surface area contributed by atoms with E-state index in [-0.39, 0.29) is 27.7 Å². The Kier molecular flexibility index (Phi) is 5.70. The number of allylic oxidation sites excluding steroid dienone is 1. The molecule has 0 aromatic carbocycles. The molecule has 9 unspecified atom stereocenters. The van der Waals surface area contributed by atoms with E-state index in [1.165, 1.54) is 4.90 Å². The summed E-state index contributed by atoms with van der Waals surface area (Å²) in [7, 11) is 5.47. The fraction of sp³-hybridized carbons (Fsp3) is 0.857. The van der Waals surface area contributed by atoms with Gasteiger partial charge in [-0.15, -0.1) is 0 Å². The van der Waals surface area contributed by atoms with Crippen LogP contribution in [0.1, 0.15) is 64.2 Å². The third kappa shape index (κ3) is 2.60. The van der Waals surface area contributed by atoms with Crippen molar-refractivity contribution in [2.24, 2.45) is 44.7 Å². The number of ether oxygens (including phenoxy) is 1. The summed E-state index contributed by atoms with van der Waals surface area (Å²) >= 11 is 0. The summed E-state index contributed by atoms with van der Waals surface area (Å²) in [4.78, 5) is 18.7. The molecule has 4 saturated carbocycles. The second kappa shape index (κ2) is 8.26. The molecule has 1 aliphatic heterocycles. The highest BCUT2D eigenvalue weighted by Crippen LogP contribution is 2.84. The molecule has 5 fully saturated rings. The van der Waals surface area contributed by atoms with Crippen molar-refractivity contribution in [3.63, 3.8) is 0 Å². The average molecular weight is 501 g/mol. The predicted molar refractivity (Wildman–Crippen MR) is 134 cm³/mol. The Bertz CT molecular complexity index is 1010. The quantitative estimate of drug-likeness (QED) is 0.308. The van der Waals surface area contributed by atoms with E-state index in [4.69, 9.17) is 10.5 Å². The number of hydrogen-bond donors (Lipinski definition) is 4. The number of carbonyl (C=O) groups is 1. The van der Waals surface area contributed by atoms with E-state index < -0.39 is 17.7 Å². The molecule has 8 heteroatoms. The Morgan fingerprint density at radius 1 is 1.22 bits per heavy atom. The maximum atomic E-state index is 13.0. The normalized spacial score (nSPS) is 49.8. The van der Waals surface area contributed by atoms with Gasteiger partial charge >= 0.3 is 0 Å². The first-order chi connectivity index (χ1) is 17.3. The van der Waals surface area contributed by atoms with Gasteiger partial charge in [-0.3, -0.25) is 4.90 Å². The number of aliphatic carboxylic acids is 1. The minimum atomic E-state index is -1.51. The second-order valence-electron chi connectivity index (χ2n) is 12.8. The number of rotatable bonds is 4. The van der Waals surface area contributed by atoms with Gasteiger partial charge in [-0.1, -0.05) is 18.4 Å². The number of nitrogens with zero attached hydrogens (tertiary/aromatic N) is 1. The van der Waals surface area contributed by atoms with E-state index >= 15 is 0 Å². The Morgan fingerprint density at radius 3 is 2.67 bits per heavy atom. The smallest absolute Gasteiger partial charge is 0.293 e. The summed E-state index contributed by atoms with van der Waals surface area (Å²) in [5.74, 6) is 0.0662. The van der Waals surface area contributed by atoms with Gasteiger partial charge in [0.1, 0.15) is 5.60 Å². The van der Waals surface area contributed by atoms with Crippen molar-refractivity contribution < 1.29 is 24.6 Å². The summed E-state index contributed by atoms with van der Waals surface area (Å²) in [5.41, 5.74) is 5.78. The topological polar surface area (TPSA) is 124 Å². The Morgan fingerprint density at radius 2 is 1.97 bits per heavy atom. The summed E-state index contributed by atoms with van der Waals surface area (Å²) in [6.45, 7) is 2.73. The SMILES string of the molecule is CN=C(N)[NH+]1CCC2(CNC)CCC3C4(O)C(C(=O)[O-])=C5CC6CCC(CCCCC4OC)C53C62C1. The Hall–Kier alpha value is -1.48. The molecule has 1 saturated heterocycles. The van der Waals surface area contributed by atoms with Gasteiger partial charge in [-0.2, -0.15) is 0 Å². The van der Waals surface area contributed by atoms with E-state index in [2.05, 4.69) is 17.4 Å². The van der Waals surface area contributed by atoms with Crippen molar-refractivity contribution >= 4 is 11.9 Å². The molecule has 5 N–H and O–H groups in total. The fourth-order valence-corrected chi connectivity index (χ4v) is 11.6. The first-order valence-electron chi connectivity index (χ1n) is 14.2. The van der Waals surface area contributed by atoms with E-state index in [1.807, 2.05) is 0 Å². The van der Waals surface area contributed by atoms with Crippen molar-refractivity contribution in [3.8, 4) is 0 Å². The van der Waals surface area contributed by atoms with Gasteiger partial charge in [-0.25, -0.2) is 4.99 Å². The second-order valence-corrected chi connectivity index (χ2v) is 12.8. The highest BCUT2D eigenvalue weighted by Gasteiger charge is 2.84. The third-order valence-corrected chi connectivity index (χ3v) is 12.3. The molecule has 0 aromatic rings. The number of aliphatic hydroxyl groups is 1. The summed E-state index contributed by atoms with van der Waals surface area (Å²) in [6, 6.07) is 0. The minimum absolute atomic E-state index is 0.0414. The third-order valence-electron chi connectivity index (χ3n) is 12.3. The lowest BCUT2D eigenvalue weighted by Gasteiger charge is -2.71. The van der Waals surface area contributed by atoms with Crippen LogP contribution in [0.15, 0.2) is 16.1 Å². The molecule has 0 aromatic heterocycles. The first-order valence-corrected chi connectivity index (χ1v) is 14.2. The van der Waals surface area contributed by atoms with Crippen molar-refractivity contribution in [2.75, 3.05) is 40.8 Å². The highest BCUT2D eigenvalue weighted by atomic mass is 16.5. The van der Waals surface area contributed by atoms with Crippen LogP contribution in [0, 0.1) is 34.0 Å². The maximum absolute atomic E-state index is 13.0. The molecule has 36 heavy (non-hydrogen) atoms. The average Bonchev–Trinajstić information content (AvgIpc) is 3.21. The molecule has 2 spiro atoms. The van der Waals surface area contributed by atoms with Crippen LogP contribution in [0.4, 0.5) is 0 Å². The Balaban J connectivity index is 1.69. The number of quaternary nitrogens is 1. The van der Waals surface area contributed by atoms with Gasteiger partial charge in [-0.05, 0) is 63.8 Å². The van der Waals surface area contributed by atoms with Crippen LogP contribution >= 0.6 is 0 Å². The van der Waals surface area contributed by atoms with Gasteiger partial charge in [0.25, 0.3) is 5.96 Å². The van der Waals surface area contributed by atoms with Crippen LogP contribution in [0.3, 0.4) is 0 Å². The van der Waals surface area contributed by atoms with Crippen molar-refractivity contribution in [2.45, 2.75) is 75.9 Å². The number of nitrogens with two attached hydrogens (primary N) is 1. The van der Waals surface area contributed by atoms with Gasteiger partial charge in [0, 0.05) is 54.9 Å². The molecular weight excluding hydrogens is 456 g/mol.